The van der Waals surface area contributed by atoms with Crippen molar-refractivity contribution < 1.29 is 9.84 Å². The fourth-order valence-corrected chi connectivity index (χ4v) is 3.38. The standard InChI is InChI=1S/C15H22N4O3/c1-3-5-8-10(4-2)22-15(13(8)20)19-7-17-12-9(19)6-11(16)18-14(12)21/h6-8,10,13,15,20H,3-5H2,1-2H3,(H3,16,18,21)/t8-,10-,13-,15-/m1/s1. The monoisotopic (exact) mass is 306 g/mol. The highest BCUT2D eigenvalue weighted by atomic mass is 16.5. The molecule has 7 nitrogen and oxygen atoms in total. The van der Waals surface area contributed by atoms with E-state index < -0.39 is 12.3 Å². The van der Waals surface area contributed by atoms with Crippen molar-refractivity contribution in [1.82, 2.24) is 14.5 Å². The van der Waals surface area contributed by atoms with Crippen molar-refractivity contribution in [2.45, 2.75) is 51.5 Å². The van der Waals surface area contributed by atoms with Crippen LogP contribution in [0, 0.1) is 5.92 Å². The van der Waals surface area contributed by atoms with E-state index in [1.807, 2.05) is 0 Å². The number of aliphatic hydroxyl groups is 1. The zero-order chi connectivity index (χ0) is 15.9. The fraction of sp³-hybridized carbons (Fsp3) is 0.600. The Kier molecular flexibility index (Phi) is 3.92. The quantitative estimate of drug-likeness (QED) is 0.791. The third-order valence-electron chi connectivity index (χ3n) is 4.42. The van der Waals surface area contributed by atoms with E-state index in [0.29, 0.717) is 11.0 Å². The number of aliphatic hydroxyl groups excluding tert-OH is 1. The molecule has 2 aromatic rings. The third kappa shape index (κ3) is 2.30. The Labute approximate surface area is 128 Å². The van der Waals surface area contributed by atoms with Crippen LogP contribution in [0.2, 0.25) is 0 Å². The number of anilines is 1. The smallest absolute Gasteiger partial charge is 0.277 e. The Morgan fingerprint density at radius 3 is 2.95 bits per heavy atom. The molecule has 3 rings (SSSR count). The summed E-state index contributed by atoms with van der Waals surface area (Å²) in [6, 6.07) is 1.65. The number of nitrogens with one attached hydrogen (secondary N) is 1. The van der Waals surface area contributed by atoms with E-state index in [1.165, 1.54) is 6.33 Å². The Morgan fingerprint density at radius 1 is 1.50 bits per heavy atom. The minimum atomic E-state index is -0.622. The van der Waals surface area contributed by atoms with Gasteiger partial charge in [-0.1, -0.05) is 20.3 Å². The van der Waals surface area contributed by atoms with Crippen molar-refractivity contribution >= 4 is 16.9 Å². The molecule has 4 atom stereocenters. The van der Waals surface area contributed by atoms with E-state index in [0.717, 1.165) is 19.3 Å². The summed E-state index contributed by atoms with van der Waals surface area (Å²) in [5.41, 5.74) is 6.26. The number of imidazole rings is 1. The Bertz CT molecular complexity index is 723. The van der Waals surface area contributed by atoms with Crippen molar-refractivity contribution in [3.05, 3.63) is 22.7 Å². The molecule has 0 spiro atoms. The molecule has 1 fully saturated rings. The van der Waals surface area contributed by atoms with Crippen LogP contribution in [0.1, 0.15) is 39.3 Å². The van der Waals surface area contributed by atoms with Crippen molar-refractivity contribution in [2.24, 2.45) is 5.92 Å². The Morgan fingerprint density at radius 2 is 2.27 bits per heavy atom. The molecule has 0 amide bonds. The van der Waals surface area contributed by atoms with Gasteiger partial charge in [-0.25, -0.2) is 4.98 Å². The number of fused-ring (bicyclic) bond motifs is 1. The van der Waals surface area contributed by atoms with Gasteiger partial charge in [-0.3, -0.25) is 4.79 Å². The molecule has 0 radical (unpaired) electrons. The number of ether oxygens (including phenoxy) is 1. The van der Waals surface area contributed by atoms with E-state index >= 15 is 0 Å². The summed E-state index contributed by atoms with van der Waals surface area (Å²) in [6.45, 7) is 4.15. The van der Waals surface area contributed by atoms with Gasteiger partial charge in [-0.05, 0) is 12.8 Å². The van der Waals surface area contributed by atoms with Crippen LogP contribution >= 0.6 is 0 Å². The van der Waals surface area contributed by atoms with Gasteiger partial charge in [0.25, 0.3) is 5.56 Å². The summed E-state index contributed by atoms with van der Waals surface area (Å²) < 4.78 is 7.75. The van der Waals surface area contributed by atoms with Crippen molar-refractivity contribution in [3.8, 4) is 0 Å². The van der Waals surface area contributed by atoms with E-state index in [2.05, 4.69) is 23.8 Å². The first-order chi connectivity index (χ1) is 10.6. The minimum absolute atomic E-state index is 0.0109. The van der Waals surface area contributed by atoms with Gasteiger partial charge in [-0.2, -0.15) is 0 Å². The van der Waals surface area contributed by atoms with Gasteiger partial charge < -0.3 is 25.1 Å². The number of H-pyrrole nitrogens is 1. The van der Waals surface area contributed by atoms with Crippen LogP contribution in [0.5, 0.6) is 0 Å². The molecule has 4 N–H and O–H groups in total. The zero-order valence-corrected chi connectivity index (χ0v) is 12.8. The van der Waals surface area contributed by atoms with Gasteiger partial charge in [0.2, 0.25) is 0 Å². The maximum absolute atomic E-state index is 11.9. The number of pyridine rings is 1. The lowest BCUT2D eigenvalue weighted by Gasteiger charge is -2.19. The maximum atomic E-state index is 11.9. The number of nitrogens with zero attached hydrogens (tertiary/aromatic N) is 2. The molecule has 3 heterocycles. The largest absolute Gasteiger partial charge is 0.388 e. The summed E-state index contributed by atoms with van der Waals surface area (Å²) in [5, 5.41) is 10.7. The first kappa shape index (κ1) is 15.1. The average molecular weight is 306 g/mol. The number of nitrogen functional groups attached to an aromatic ring is 1. The fourth-order valence-electron chi connectivity index (χ4n) is 3.38. The highest BCUT2D eigenvalue weighted by molar-refractivity contribution is 5.76. The van der Waals surface area contributed by atoms with Gasteiger partial charge in [0.15, 0.2) is 11.7 Å². The van der Waals surface area contributed by atoms with E-state index in [9.17, 15) is 9.90 Å². The molecule has 7 heteroatoms. The minimum Gasteiger partial charge on any atom is -0.388 e. The SMILES string of the molecule is CCC[C@H]1[C@@H](O)[C@H](n2cnc3c(=O)[nH]c(N)cc32)O[C@@H]1CC. The van der Waals surface area contributed by atoms with Crippen LogP contribution in [0.3, 0.4) is 0 Å². The average Bonchev–Trinajstić information content (AvgIpc) is 3.02. The van der Waals surface area contributed by atoms with Crippen LogP contribution in [0.15, 0.2) is 17.2 Å². The van der Waals surface area contributed by atoms with Gasteiger partial charge in [0.05, 0.1) is 17.9 Å². The summed E-state index contributed by atoms with van der Waals surface area (Å²) in [6.07, 6.45) is 3.13. The molecular formula is C15H22N4O3. The summed E-state index contributed by atoms with van der Waals surface area (Å²) in [5.74, 6) is 0.362. The topological polar surface area (TPSA) is 106 Å². The lowest BCUT2D eigenvalue weighted by molar-refractivity contribution is -0.0352. The van der Waals surface area contributed by atoms with Gasteiger partial charge >= 0.3 is 0 Å². The first-order valence-corrected chi connectivity index (χ1v) is 7.75. The Balaban J connectivity index is 2.03. The lowest BCUT2D eigenvalue weighted by atomic mass is 9.92. The first-order valence-electron chi connectivity index (χ1n) is 7.75. The molecule has 1 saturated heterocycles. The lowest BCUT2D eigenvalue weighted by Crippen LogP contribution is -2.26. The molecule has 0 saturated carbocycles. The highest BCUT2D eigenvalue weighted by Crippen LogP contribution is 2.39. The predicted octanol–water partition coefficient (Wildman–Crippen LogP) is 1.39. The molecule has 0 aromatic carbocycles. The number of nitrogens with two attached hydrogens (primary N) is 1. The molecule has 0 unspecified atom stereocenters. The number of aromatic nitrogens is 3. The van der Waals surface area contributed by atoms with Crippen LogP contribution < -0.4 is 11.3 Å². The summed E-state index contributed by atoms with van der Waals surface area (Å²) in [7, 11) is 0. The number of hydrogen-bond donors (Lipinski definition) is 3. The molecule has 0 bridgehead atoms. The molecule has 1 aliphatic heterocycles. The summed E-state index contributed by atoms with van der Waals surface area (Å²) in [4.78, 5) is 18.5. The van der Waals surface area contributed by atoms with Gasteiger partial charge in [-0.15, -0.1) is 0 Å². The zero-order valence-electron chi connectivity index (χ0n) is 12.8. The number of hydrogen-bond acceptors (Lipinski definition) is 5. The van der Waals surface area contributed by atoms with Gasteiger partial charge in [0.1, 0.15) is 11.9 Å². The van der Waals surface area contributed by atoms with E-state index in [4.69, 9.17) is 10.5 Å². The second kappa shape index (κ2) is 5.73. The molecule has 1 aliphatic rings. The Hall–Kier alpha value is -1.86. The van der Waals surface area contributed by atoms with E-state index in [1.54, 1.807) is 10.6 Å². The maximum Gasteiger partial charge on any atom is 0.277 e. The predicted molar refractivity (Wildman–Crippen MR) is 83.4 cm³/mol. The van der Waals surface area contributed by atoms with Crippen molar-refractivity contribution in [1.29, 1.82) is 0 Å². The number of rotatable bonds is 4. The van der Waals surface area contributed by atoms with E-state index in [-0.39, 0.29) is 23.4 Å². The molecular weight excluding hydrogens is 284 g/mol. The third-order valence-corrected chi connectivity index (χ3v) is 4.42. The van der Waals surface area contributed by atoms with Crippen molar-refractivity contribution in [2.75, 3.05) is 5.73 Å². The van der Waals surface area contributed by atoms with Crippen molar-refractivity contribution in [3.63, 3.8) is 0 Å². The van der Waals surface area contributed by atoms with Crippen LogP contribution in [-0.4, -0.2) is 31.8 Å². The second-order valence-electron chi connectivity index (χ2n) is 5.86. The highest BCUT2D eigenvalue weighted by Gasteiger charge is 2.43. The molecule has 120 valence electrons. The molecule has 2 aromatic heterocycles. The van der Waals surface area contributed by atoms with Crippen LogP contribution in [-0.2, 0) is 4.74 Å². The molecule has 22 heavy (non-hydrogen) atoms. The van der Waals surface area contributed by atoms with Gasteiger partial charge in [0, 0.05) is 12.0 Å². The summed E-state index contributed by atoms with van der Waals surface area (Å²) >= 11 is 0. The normalized spacial score (nSPS) is 28.5. The van der Waals surface area contributed by atoms with Crippen LogP contribution in [0.4, 0.5) is 5.82 Å². The number of aromatic amines is 1. The second-order valence-corrected chi connectivity index (χ2v) is 5.86. The molecule has 0 aliphatic carbocycles. The van der Waals surface area contributed by atoms with Crippen LogP contribution in [0.25, 0.3) is 11.0 Å².